The fraction of sp³-hybridized carbons (Fsp3) is 0.250. The van der Waals surface area contributed by atoms with E-state index in [1.807, 2.05) is 20.1 Å². The van der Waals surface area contributed by atoms with Crippen LogP contribution in [0.15, 0.2) is 29.4 Å². The zero-order valence-electron chi connectivity index (χ0n) is 9.61. The number of aromatic hydroxyl groups is 2. The second-order valence-electron chi connectivity index (χ2n) is 2.92. The molecule has 0 saturated carbocycles. The first kappa shape index (κ1) is 12.6. The average molecular weight is 238 g/mol. The third-order valence-corrected chi connectivity index (χ3v) is 2.89. The van der Waals surface area contributed by atoms with E-state index in [4.69, 9.17) is 0 Å². The number of hydrogen-bond acceptors (Lipinski definition) is 3. The molecule has 0 radical (unpaired) electrons. The van der Waals surface area contributed by atoms with Crippen molar-refractivity contribution in [2.75, 3.05) is 6.26 Å². The molecule has 16 heavy (non-hydrogen) atoms. The molecule has 2 rings (SSSR count). The highest BCUT2D eigenvalue weighted by Crippen LogP contribution is 2.38. The van der Waals surface area contributed by atoms with Crippen LogP contribution in [-0.2, 0) is 0 Å². The molecule has 4 heteroatoms. The van der Waals surface area contributed by atoms with Crippen molar-refractivity contribution < 1.29 is 15.2 Å². The van der Waals surface area contributed by atoms with Gasteiger partial charge in [0.25, 0.3) is 0 Å². The van der Waals surface area contributed by atoms with Gasteiger partial charge in [0, 0.05) is 16.3 Å². The van der Waals surface area contributed by atoms with Gasteiger partial charge >= 0.3 is 0 Å². The SMILES string of the molecule is CC.CSc1cc(O)c(O)c2cc[nH+]cc12. The minimum atomic E-state index is -0.0759. The van der Waals surface area contributed by atoms with E-state index in [-0.39, 0.29) is 11.5 Å². The minimum Gasteiger partial charge on any atom is -0.504 e. The van der Waals surface area contributed by atoms with E-state index < -0.39 is 0 Å². The molecule has 0 atom stereocenters. The van der Waals surface area contributed by atoms with E-state index in [2.05, 4.69) is 4.98 Å². The van der Waals surface area contributed by atoms with E-state index in [1.165, 1.54) is 11.8 Å². The molecule has 0 fully saturated rings. The van der Waals surface area contributed by atoms with Crippen LogP contribution in [0.2, 0.25) is 0 Å². The maximum Gasteiger partial charge on any atom is 0.176 e. The van der Waals surface area contributed by atoms with Gasteiger partial charge in [0.05, 0.1) is 5.39 Å². The maximum absolute atomic E-state index is 9.61. The molecule has 1 aromatic heterocycles. The lowest BCUT2D eigenvalue weighted by molar-refractivity contribution is -0.376. The number of hydrogen-bond donors (Lipinski definition) is 2. The van der Waals surface area contributed by atoms with Gasteiger partial charge < -0.3 is 10.2 Å². The molecule has 86 valence electrons. The van der Waals surface area contributed by atoms with Gasteiger partial charge in [-0.3, -0.25) is 0 Å². The highest BCUT2D eigenvalue weighted by atomic mass is 32.2. The van der Waals surface area contributed by atoms with Crippen molar-refractivity contribution in [1.29, 1.82) is 0 Å². The average Bonchev–Trinajstić information content (AvgIpc) is 2.36. The van der Waals surface area contributed by atoms with Crippen LogP contribution in [0.4, 0.5) is 0 Å². The number of fused-ring (bicyclic) bond motifs is 1. The number of phenolic OH excluding ortho intramolecular Hbond substituents is 2. The lowest BCUT2D eigenvalue weighted by Crippen LogP contribution is -1.98. The standard InChI is InChI=1S/C10H9NO2S.C2H6/c1-14-9-4-8(12)10(13)6-2-3-11-5-7(6)9;1-2/h2-5,12-13H,1H3;1-2H3/p+1. The van der Waals surface area contributed by atoms with Gasteiger partial charge in [-0.1, -0.05) is 13.8 Å². The quantitative estimate of drug-likeness (QED) is 0.593. The first-order valence-electron chi connectivity index (χ1n) is 5.12. The van der Waals surface area contributed by atoms with Crippen LogP contribution >= 0.6 is 11.8 Å². The Hall–Kier alpha value is -1.42. The van der Waals surface area contributed by atoms with Crippen molar-refractivity contribution in [3.8, 4) is 11.5 Å². The van der Waals surface area contributed by atoms with Gasteiger partial charge in [0.2, 0.25) is 0 Å². The molecule has 0 bridgehead atoms. The zero-order chi connectivity index (χ0) is 12.1. The monoisotopic (exact) mass is 238 g/mol. The van der Waals surface area contributed by atoms with Crippen LogP contribution in [0.3, 0.4) is 0 Å². The van der Waals surface area contributed by atoms with Crippen LogP contribution in [0.1, 0.15) is 13.8 Å². The third kappa shape index (κ3) is 2.22. The normalized spacial score (nSPS) is 9.69. The van der Waals surface area contributed by atoms with E-state index in [9.17, 15) is 10.2 Å². The van der Waals surface area contributed by atoms with Crippen LogP contribution in [0.25, 0.3) is 10.8 Å². The third-order valence-electron chi connectivity index (χ3n) is 2.11. The summed E-state index contributed by atoms with van der Waals surface area (Å²) in [6, 6.07) is 3.31. The molecular formula is C12H16NO2S+. The maximum atomic E-state index is 9.61. The number of benzene rings is 1. The molecule has 2 aromatic rings. The number of H-pyrrole nitrogens is 1. The number of aromatic amines is 1. The fourth-order valence-corrected chi connectivity index (χ4v) is 2.04. The Labute approximate surface area is 99.1 Å². The second-order valence-corrected chi connectivity index (χ2v) is 3.77. The molecule has 0 saturated heterocycles. The lowest BCUT2D eigenvalue weighted by Gasteiger charge is -2.05. The molecule has 0 unspecified atom stereocenters. The minimum absolute atomic E-state index is 0.0631. The fourth-order valence-electron chi connectivity index (χ4n) is 1.42. The van der Waals surface area contributed by atoms with Gasteiger partial charge in [-0.05, 0) is 12.3 Å². The van der Waals surface area contributed by atoms with Crippen molar-refractivity contribution in [3.05, 3.63) is 24.5 Å². The summed E-state index contributed by atoms with van der Waals surface area (Å²) >= 11 is 1.53. The predicted molar refractivity (Wildman–Crippen MR) is 67.0 cm³/mol. The summed E-state index contributed by atoms with van der Waals surface area (Å²) in [4.78, 5) is 3.89. The van der Waals surface area contributed by atoms with Gasteiger partial charge in [-0.25, -0.2) is 4.98 Å². The lowest BCUT2D eigenvalue weighted by atomic mass is 10.1. The highest BCUT2D eigenvalue weighted by Gasteiger charge is 2.11. The Morgan fingerprint density at radius 2 is 1.88 bits per heavy atom. The number of rotatable bonds is 1. The molecule has 3 N–H and O–H groups in total. The summed E-state index contributed by atoms with van der Waals surface area (Å²) < 4.78 is 0. The first-order chi connectivity index (χ1) is 7.74. The first-order valence-corrected chi connectivity index (χ1v) is 6.35. The second kappa shape index (κ2) is 5.61. The number of pyridine rings is 1. The van der Waals surface area contributed by atoms with Crippen molar-refractivity contribution >= 4 is 22.5 Å². The van der Waals surface area contributed by atoms with Crippen molar-refractivity contribution in [2.24, 2.45) is 0 Å². The Bertz CT molecular complexity index is 486. The molecule has 0 aliphatic rings. The summed E-state index contributed by atoms with van der Waals surface area (Å²) in [5.41, 5.74) is 0. The molecule has 0 amide bonds. The molecular weight excluding hydrogens is 222 g/mol. The van der Waals surface area contributed by atoms with Gasteiger partial charge in [0.1, 0.15) is 0 Å². The number of thioether (sulfide) groups is 1. The molecule has 1 heterocycles. The summed E-state index contributed by atoms with van der Waals surface area (Å²) in [6.07, 6.45) is 5.45. The Kier molecular flexibility index (Phi) is 4.43. The van der Waals surface area contributed by atoms with E-state index in [1.54, 1.807) is 24.5 Å². The van der Waals surface area contributed by atoms with Crippen molar-refractivity contribution in [3.63, 3.8) is 0 Å². The Balaban J connectivity index is 0.000000606. The van der Waals surface area contributed by atoms with Crippen molar-refractivity contribution in [2.45, 2.75) is 18.7 Å². The van der Waals surface area contributed by atoms with Crippen LogP contribution < -0.4 is 4.98 Å². The summed E-state index contributed by atoms with van der Waals surface area (Å²) in [5, 5.41) is 20.6. The highest BCUT2D eigenvalue weighted by molar-refractivity contribution is 7.98. The number of phenols is 2. The number of aromatic nitrogens is 1. The van der Waals surface area contributed by atoms with Crippen LogP contribution in [0, 0.1) is 0 Å². The largest absolute Gasteiger partial charge is 0.504 e. The zero-order valence-corrected chi connectivity index (χ0v) is 10.4. The molecule has 0 aliphatic carbocycles. The van der Waals surface area contributed by atoms with E-state index in [0.29, 0.717) is 5.39 Å². The molecule has 3 nitrogen and oxygen atoms in total. The van der Waals surface area contributed by atoms with Crippen LogP contribution in [0.5, 0.6) is 11.5 Å². The Morgan fingerprint density at radius 3 is 2.50 bits per heavy atom. The topological polar surface area (TPSA) is 54.6 Å². The van der Waals surface area contributed by atoms with E-state index in [0.717, 1.165) is 10.3 Å². The van der Waals surface area contributed by atoms with Gasteiger partial charge in [0.15, 0.2) is 23.9 Å². The predicted octanol–water partition coefficient (Wildman–Crippen LogP) is 2.81. The van der Waals surface area contributed by atoms with E-state index >= 15 is 0 Å². The summed E-state index contributed by atoms with van der Waals surface area (Å²) in [7, 11) is 0. The Morgan fingerprint density at radius 1 is 1.19 bits per heavy atom. The molecule has 0 spiro atoms. The molecule has 1 aromatic carbocycles. The summed E-state index contributed by atoms with van der Waals surface area (Å²) in [5.74, 6) is -0.139. The molecule has 0 aliphatic heterocycles. The summed E-state index contributed by atoms with van der Waals surface area (Å²) in [6.45, 7) is 4.00. The van der Waals surface area contributed by atoms with Crippen LogP contribution in [-0.4, -0.2) is 16.5 Å². The van der Waals surface area contributed by atoms with Gasteiger partial charge in [-0.15, -0.1) is 11.8 Å². The number of nitrogens with one attached hydrogen (secondary N) is 1. The smallest absolute Gasteiger partial charge is 0.176 e. The van der Waals surface area contributed by atoms with Gasteiger partial charge in [-0.2, -0.15) is 0 Å². The van der Waals surface area contributed by atoms with Crippen molar-refractivity contribution in [1.82, 2.24) is 0 Å².